The molecule has 6 rings (SSSR count). The van der Waals surface area contributed by atoms with Crippen molar-refractivity contribution in [1.29, 1.82) is 0 Å². The highest BCUT2D eigenvalue weighted by atomic mass is 35.5. The van der Waals surface area contributed by atoms with Crippen LogP contribution in [0.4, 0.5) is 0 Å². The highest BCUT2D eigenvalue weighted by molar-refractivity contribution is 7.18. The van der Waals surface area contributed by atoms with E-state index in [0.29, 0.717) is 21.0 Å². The molecule has 0 saturated heterocycles. The molecule has 3 nitrogen and oxygen atoms in total. The third kappa shape index (κ3) is 3.02. The molecule has 0 amide bonds. The molecular formula is C23H23ClO3S. The molecule has 0 radical (unpaired) electrons. The predicted octanol–water partition coefficient (Wildman–Crippen LogP) is 5.67. The fraction of sp³-hybridized carbons (Fsp3) is 0.478. The summed E-state index contributed by atoms with van der Waals surface area (Å²) in [6.07, 6.45) is 6.27. The van der Waals surface area contributed by atoms with Gasteiger partial charge in [0.15, 0.2) is 6.61 Å². The molecule has 0 spiro atoms. The maximum atomic E-state index is 13.2. The van der Waals surface area contributed by atoms with Gasteiger partial charge in [0.25, 0.3) is 0 Å². The lowest BCUT2D eigenvalue weighted by Gasteiger charge is -2.61. The second-order valence-electron chi connectivity index (χ2n) is 8.99. The van der Waals surface area contributed by atoms with E-state index in [1.54, 1.807) is 12.1 Å². The van der Waals surface area contributed by atoms with Gasteiger partial charge in [0, 0.05) is 0 Å². The van der Waals surface area contributed by atoms with Crippen molar-refractivity contribution in [3.63, 3.8) is 0 Å². The quantitative estimate of drug-likeness (QED) is 0.468. The van der Waals surface area contributed by atoms with E-state index in [1.807, 2.05) is 0 Å². The number of esters is 1. The van der Waals surface area contributed by atoms with E-state index in [9.17, 15) is 9.59 Å². The smallest absolute Gasteiger partial charge is 0.312 e. The van der Waals surface area contributed by atoms with Crippen molar-refractivity contribution in [3.05, 3.63) is 57.2 Å². The number of hydrogen-bond acceptors (Lipinski definition) is 4. The SMILES string of the molecule is O=C(COC(=O)C12CC3CC(C1)CC(c1ccccc1)(C3)C2)c1ccc(Cl)s1. The minimum absolute atomic E-state index is 0.0929. The van der Waals surface area contributed by atoms with Gasteiger partial charge in [-0.2, -0.15) is 0 Å². The van der Waals surface area contributed by atoms with Crippen LogP contribution in [0.15, 0.2) is 42.5 Å². The van der Waals surface area contributed by atoms with Gasteiger partial charge in [0.2, 0.25) is 5.78 Å². The van der Waals surface area contributed by atoms with E-state index in [-0.39, 0.29) is 23.8 Å². The van der Waals surface area contributed by atoms with E-state index >= 15 is 0 Å². The van der Waals surface area contributed by atoms with E-state index in [4.69, 9.17) is 16.3 Å². The Kier molecular flexibility index (Phi) is 4.40. The number of benzene rings is 1. The molecule has 146 valence electrons. The Hall–Kier alpha value is -1.65. The van der Waals surface area contributed by atoms with Crippen LogP contribution in [-0.2, 0) is 14.9 Å². The van der Waals surface area contributed by atoms with Gasteiger partial charge in [-0.3, -0.25) is 9.59 Å². The van der Waals surface area contributed by atoms with E-state index in [1.165, 1.54) is 36.2 Å². The summed E-state index contributed by atoms with van der Waals surface area (Å²) in [7, 11) is 0. The standard InChI is InChI=1S/C23H23ClO3S/c24-20-7-6-19(28-20)18(25)13-27-21(26)23-11-15-8-16(12-23)10-22(9-15,14-23)17-4-2-1-3-5-17/h1-7,15-16H,8-14H2. The van der Waals surface area contributed by atoms with Crippen molar-refractivity contribution >= 4 is 34.7 Å². The predicted molar refractivity (Wildman–Crippen MR) is 110 cm³/mol. The Morgan fingerprint density at radius 1 is 1.04 bits per heavy atom. The van der Waals surface area contributed by atoms with Crippen LogP contribution in [0.5, 0.6) is 0 Å². The summed E-state index contributed by atoms with van der Waals surface area (Å²) in [5.74, 6) is 0.826. The minimum Gasteiger partial charge on any atom is -0.457 e. The van der Waals surface area contributed by atoms with Crippen LogP contribution in [0.25, 0.3) is 0 Å². The Bertz CT molecular complexity index is 905. The van der Waals surface area contributed by atoms with Crippen LogP contribution in [-0.4, -0.2) is 18.4 Å². The van der Waals surface area contributed by atoms with Gasteiger partial charge < -0.3 is 4.74 Å². The van der Waals surface area contributed by atoms with E-state index in [0.717, 1.165) is 19.3 Å². The maximum absolute atomic E-state index is 13.2. The molecule has 4 aliphatic rings. The third-order valence-corrected chi connectivity index (χ3v) is 8.33. The molecule has 1 aromatic heterocycles. The fourth-order valence-electron chi connectivity index (χ4n) is 6.45. The molecule has 0 N–H and O–H groups in total. The summed E-state index contributed by atoms with van der Waals surface area (Å²) < 4.78 is 6.18. The molecule has 2 atom stereocenters. The number of thiophene rings is 1. The average Bonchev–Trinajstić information content (AvgIpc) is 3.12. The van der Waals surface area contributed by atoms with Gasteiger partial charge in [-0.05, 0) is 73.5 Å². The first-order valence-corrected chi connectivity index (χ1v) is 11.2. The average molecular weight is 415 g/mol. The number of halogens is 1. The Labute approximate surface area is 174 Å². The summed E-state index contributed by atoms with van der Waals surface area (Å²) in [6, 6.07) is 14.1. The molecule has 5 heteroatoms. The molecule has 1 heterocycles. The molecule has 1 aromatic carbocycles. The third-order valence-electron chi connectivity index (χ3n) is 7.06. The van der Waals surface area contributed by atoms with Crippen molar-refractivity contribution in [2.45, 2.75) is 43.9 Å². The van der Waals surface area contributed by atoms with Crippen LogP contribution < -0.4 is 0 Å². The van der Waals surface area contributed by atoms with Gasteiger partial charge in [-0.15, -0.1) is 11.3 Å². The minimum atomic E-state index is -0.423. The zero-order valence-corrected chi connectivity index (χ0v) is 17.2. The monoisotopic (exact) mass is 414 g/mol. The number of carbonyl (C=O) groups excluding carboxylic acids is 2. The lowest BCUT2D eigenvalue weighted by molar-refractivity contribution is -0.172. The van der Waals surface area contributed by atoms with E-state index < -0.39 is 5.41 Å². The number of rotatable bonds is 5. The second kappa shape index (κ2) is 6.70. The van der Waals surface area contributed by atoms with Crippen LogP contribution >= 0.6 is 22.9 Å². The lowest BCUT2D eigenvalue weighted by atomic mass is 9.43. The van der Waals surface area contributed by atoms with E-state index in [2.05, 4.69) is 30.3 Å². The number of ketones is 1. The summed E-state index contributed by atoms with van der Waals surface area (Å²) in [6.45, 7) is -0.189. The van der Waals surface area contributed by atoms with Crippen molar-refractivity contribution in [2.75, 3.05) is 6.61 Å². The number of ether oxygens (including phenoxy) is 1. The highest BCUT2D eigenvalue weighted by Gasteiger charge is 2.61. The van der Waals surface area contributed by atoms with Gasteiger partial charge in [0.05, 0.1) is 14.6 Å². The number of Topliss-reactive ketones (excluding diaryl/α,β-unsaturated/α-hetero) is 1. The van der Waals surface area contributed by atoms with Gasteiger partial charge in [0.1, 0.15) is 0 Å². The van der Waals surface area contributed by atoms with Gasteiger partial charge in [-0.25, -0.2) is 0 Å². The summed E-state index contributed by atoms with van der Waals surface area (Å²) >= 11 is 7.14. The fourth-order valence-corrected chi connectivity index (χ4v) is 7.42. The normalized spacial score (nSPS) is 33.0. The van der Waals surface area contributed by atoms with Crippen molar-refractivity contribution in [2.24, 2.45) is 17.3 Å². The Morgan fingerprint density at radius 2 is 1.75 bits per heavy atom. The largest absolute Gasteiger partial charge is 0.457 e. The Morgan fingerprint density at radius 3 is 2.39 bits per heavy atom. The lowest BCUT2D eigenvalue weighted by Crippen LogP contribution is -2.57. The number of carbonyl (C=O) groups is 2. The summed E-state index contributed by atoms with van der Waals surface area (Å²) in [5, 5.41) is 0. The molecule has 4 aliphatic carbocycles. The van der Waals surface area contributed by atoms with Gasteiger partial charge in [-0.1, -0.05) is 41.9 Å². The van der Waals surface area contributed by atoms with Crippen molar-refractivity contribution < 1.29 is 14.3 Å². The molecule has 4 fully saturated rings. The first-order valence-electron chi connectivity index (χ1n) is 9.99. The molecule has 28 heavy (non-hydrogen) atoms. The topological polar surface area (TPSA) is 43.4 Å². The first-order chi connectivity index (χ1) is 13.5. The Balaban J connectivity index is 1.36. The van der Waals surface area contributed by atoms with Crippen LogP contribution in [0.1, 0.15) is 53.8 Å². The van der Waals surface area contributed by atoms with Gasteiger partial charge >= 0.3 is 5.97 Å². The maximum Gasteiger partial charge on any atom is 0.312 e. The molecular weight excluding hydrogens is 392 g/mol. The van der Waals surface area contributed by atoms with Crippen LogP contribution in [0, 0.1) is 17.3 Å². The van der Waals surface area contributed by atoms with Crippen molar-refractivity contribution in [1.82, 2.24) is 0 Å². The first kappa shape index (κ1) is 18.4. The van der Waals surface area contributed by atoms with Crippen molar-refractivity contribution in [3.8, 4) is 0 Å². The molecule has 4 bridgehead atoms. The molecule has 2 unspecified atom stereocenters. The summed E-state index contributed by atoms with van der Waals surface area (Å²) in [5.41, 5.74) is 1.04. The molecule has 2 aromatic rings. The zero-order chi connectivity index (χ0) is 19.4. The van der Waals surface area contributed by atoms with Crippen LogP contribution in [0.3, 0.4) is 0 Å². The second-order valence-corrected chi connectivity index (χ2v) is 10.7. The highest BCUT2D eigenvalue weighted by Crippen LogP contribution is 2.66. The van der Waals surface area contributed by atoms with Crippen LogP contribution in [0.2, 0.25) is 4.34 Å². The molecule has 4 saturated carbocycles. The number of hydrogen-bond donors (Lipinski definition) is 0. The summed E-state index contributed by atoms with van der Waals surface area (Å²) in [4.78, 5) is 26.1. The zero-order valence-electron chi connectivity index (χ0n) is 15.7. The molecule has 0 aliphatic heterocycles.